The molecule has 0 saturated carbocycles. The van der Waals surface area contributed by atoms with Gasteiger partial charge in [-0.15, -0.1) is 0 Å². The molecular formula is C11H15ClN2. The van der Waals surface area contributed by atoms with Crippen molar-refractivity contribution in [3.8, 4) is 0 Å². The van der Waals surface area contributed by atoms with Gasteiger partial charge in [-0.25, -0.2) is 0 Å². The van der Waals surface area contributed by atoms with Crippen molar-refractivity contribution >= 4 is 23.0 Å². The molecular weight excluding hydrogens is 196 g/mol. The Bertz CT molecular complexity index is 347. The van der Waals surface area contributed by atoms with E-state index in [4.69, 9.17) is 11.6 Å². The predicted octanol–water partition coefficient (Wildman–Crippen LogP) is 3.35. The summed E-state index contributed by atoms with van der Waals surface area (Å²) in [6.45, 7) is 5.35. The summed E-state index contributed by atoms with van der Waals surface area (Å²) in [6, 6.07) is 5.94. The van der Waals surface area contributed by atoms with Crippen LogP contribution in [0.15, 0.2) is 18.2 Å². The number of benzene rings is 1. The van der Waals surface area contributed by atoms with Gasteiger partial charge in [0.25, 0.3) is 0 Å². The first-order chi connectivity index (χ1) is 6.58. The molecule has 0 spiro atoms. The summed E-state index contributed by atoms with van der Waals surface area (Å²) in [4.78, 5) is 0. The number of halogens is 1. The number of fused-ring (bicyclic) bond motifs is 1. The second kappa shape index (κ2) is 3.35. The van der Waals surface area contributed by atoms with Crippen molar-refractivity contribution in [2.24, 2.45) is 0 Å². The largest absolute Gasteiger partial charge is 0.382 e. The molecule has 0 aromatic heterocycles. The quantitative estimate of drug-likeness (QED) is 0.686. The maximum absolute atomic E-state index is 6.11. The monoisotopic (exact) mass is 210 g/mol. The van der Waals surface area contributed by atoms with Gasteiger partial charge in [-0.3, -0.25) is 0 Å². The molecule has 0 fully saturated rings. The Morgan fingerprint density at radius 1 is 1.36 bits per heavy atom. The van der Waals surface area contributed by atoms with E-state index in [0.29, 0.717) is 0 Å². The zero-order valence-electron chi connectivity index (χ0n) is 8.52. The normalized spacial score (nSPS) is 18.8. The third-order valence-electron chi connectivity index (χ3n) is 2.54. The first kappa shape index (κ1) is 9.66. The highest BCUT2D eigenvalue weighted by Gasteiger charge is 2.22. The van der Waals surface area contributed by atoms with Crippen LogP contribution in [0.5, 0.6) is 0 Å². The molecule has 1 aliphatic rings. The Kier molecular flexibility index (Phi) is 2.31. The Labute approximate surface area is 89.7 Å². The molecule has 1 aromatic rings. The Morgan fingerprint density at radius 2 is 2.14 bits per heavy atom. The van der Waals surface area contributed by atoms with E-state index in [1.54, 1.807) is 0 Å². The van der Waals surface area contributed by atoms with Crippen LogP contribution < -0.4 is 10.6 Å². The van der Waals surface area contributed by atoms with Crippen LogP contribution in [0.1, 0.15) is 20.3 Å². The van der Waals surface area contributed by atoms with Crippen LogP contribution >= 0.6 is 11.6 Å². The maximum atomic E-state index is 6.11. The summed E-state index contributed by atoms with van der Waals surface area (Å²) in [5.74, 6) is 0. The topological polar surface area (TPSA) is 24.1 Å². The molecule has 1 heterocycles. The van der Waals surface area contributed by atoms with Crippen molar-refractivity contribution in [1.82, 2.24) is 0 Å². The molecule has 0 bridgehead atoms. The average Bonchev–Trinajstić information content (AvgIpc) is 2.23. The third kappa shape index (κ3) is 1.80. The molecule has 0 unspecified atom stereocenters. The van der Waals surface area contributed by atoms with Crippen LogP contribution in [0.2, 0.25) is 5.02 Å². The smallest absolute Gasteiger partial charge is 0.0765 e. The minimum Gasteiger partial charge on any atom is -0.382 e. The van der Waals surface area contributed by atoms with Gasteiger partial charge in [0.2, 0.25) is 0 Å². The van der Waals surface area contributed by atoms with Crippen LogP contribution in [-0.2, 0) is 0 Å². The van der Waals surface area contributed by atoms with Crippen molar-refractivity contribution in [2.75, 3.05) is 17.2 Å². The Hall–Kier alpha value is -0.890. The molecule has 14 heavy (non-hydrogen) atoms. The van der Waals surface area contributed by atoms with Gasteiger partial charge in [0.15, 0.2) is 0 Å². The second-order valence-electron chi connectivity index (χ2n) is 4.35. The van der Waals surface area contributed by atoms with Gasteiger partial charge in [0.05, 0.1) is 16.4 Å². The summed E-state index contributed by atoms with van der Waals surface area (Å²) in [5, 5.41) is 7.63. The average molecular weight is 211 g/mol. The maximum Gasteiger partial charge on any atom is 0.0765 e. The molecule has 0 aliphatic carbocycles. The molecule has 76 valence electrons. The van der Waals surface area contributed by atoms with Crippen molar-refractivity contribution < 1.29 is 0 Å². The lowest BCUT2D eigenvalue weighted by Crippen LogP contribution is -2.30. The van der Waals surface area contributed by atoms with Crippen LogP contribution in [0.4, 0.5) is 11.4 Å². The van der Waals surface area contributed by atoms with E-state index in [9.17, 15) is 0 Å². The summed E-state index contributed by atoms with van der Waals surface area (Å²) >= 11 is 6.11. The number of hydrogen-bond donors (Lipinski definition) is 2. The zero-order chi connectivity index (χ0) is 10.2. The first-order valence-electron chi connectivity index (χ1n) is 4.89. The van der Waals surface area contributed by atoms with Crippen LogP contribution in [0.25, 0.3) is 0 Å². The molecule has 2 nitrogen and oxygen atoms in total. The standard InChI is InChI=1S/C11H15ClN2/c1-11(2)6-7-13-10-8(12)4-3-5-9(10)14-11/h3-5,13-14H,6-7H2,1-2H3. The molecule has 0 radical (unpaired) electrons. The highest BCUT2D eigenvalue weighted by atomic mass is 35.5. The molecule has 1 aromatic carbocycles. The molecule has 2 rings (SSSR count). The fourth-order valence-corrected chi connectivity index (χ4v) is 1.98. The van der Waals surface area contributed by atoms with Gasteiger partial charge in [-0.2, -0.15) is 0 Å². The van der Waals surface area contributed by atoms with E-state index in [-0.39, 0.29) is 5.54 Å². The minimum atomic E-state index is 0.128. The molecule has 0 saturated heterocycles. The summed E-state index contributed by atoms with van der Waals surface area (Å²) in [7, 11) is 0. The van der Waals surface area contributed by atoms with Gasteiger partial charge in [0, 0.05) is 12.1 Å². The van der Waals surface area contributed by atoms with Crippen LogP contribution in [0, 0.1) is 0 Å². The number of hydrogen-bond acceptors (Lipinski definition) is 2. The Balaban J connectivity index is 2.42. The van der Waals surface area contributed by atoms with Crippen LogP contribution in [0.3, 0.4) is 0 Å². The van der Waals surface area contributed by atoms with E-state index < -0.39 is 0 Å². The third-order valence-corrected chi connectivity index (χ3v) is 2.85. The number of para-hydroxylation sites is 1. The van der Waals surface area contributed by atoms with Crippen LogP contribution in [-0.4, -0.2) is 12.1 Å². The van der Waals surface area contributed by atoms with Crippen molar-refractivity contribution in [2.45, 2.75) is 25.8 Å². The van der Waals surface area contributed by atoms with Gasteiger partial charge in [-0.05, 0) is 32.4 Å². The van der Waals surface area contributed by atoms with Crippen molar-refractivity contribution in [3.63, 3.8) is 0 Å². The first-order valence-corrected chi connectivity index (χ1v) is 5.27. The number of anilines is 2. The summed E-state index contributed by atoms with van der Waals surface area (Å²) in [5.41, 5.74) is 2.25. The summed E-state index contributed by atoms with van der Waals surface area (Å²) in [6.07, 6.45) is 1.08. The van der Waals surface area contributed by atoms with Gasteiger partial charge in [0.1, 0.15) is 0 Å². The lowest BCUT2D eigenvalue weighted by molar-refractivity contribution is 0.540. The Morgan fingerprint density at radius 3 is 2.93 bits per heavy atom. The molecule has 0 amide bonds. The number of rotatable bonds is 0. The minimum absolute atomic E-state index is 0.128. The lowest BCUT2D eigenvalue weighted by atomic mass is 10.0. The molecule has 0 atom stereocenters. The van der Waals surface area contributed by atoms with E-state index in [1.807, 2.05) is 12.1 Å². The number of nitrogens with one attached hydrogen (secondary N) is 2. The van der Waals surface area contributed by atoms with Crippen molar-refractivity contribution in [3.05, 3.63) is 23.2 Å². The molecule has 2 N–H and O–H groups in total. The molecule has 1 aliphatic heterocycles. The van der Waals surface area contributed by atoms with Gasteiger partial charge in [-0.1, -0.05) is 17.7 Å². The highest BCUT2D eigenvalue weighted by molar-refractivity contribution is 6.34. The van der Waals surface area contributed by atoms with E-state index >= 15 is 0 Å². The summed E-state index contributed by atoms with van der Waals surface area (Å²) < 4.78 is 0. The zero-order valence-corrected chi connectivity index (χ0v) is 9.28. The van der Waals surface area contributed by atoms with E-state index in [1.165, 1.54) is 0 Å². The SMILES string of the molecule is CC1(C)CCNc2c(Cl)cccc2N1. The molecule has 3 heteroatoms. The fraction of sp³-hybridized carbons (Fsp3) is 0.455. The van der Waals surface area contributed by atoms with Gasteiger partial charge < -0.3 is 10.6 Å². The van der Waals surface area contributed by atoms with Crippen molar-refractivity contribution in [1.29, 1.82) is 0 Å². The van der Waals surface area contributed by atoms with E-state index in [0.717, 1.165) is 29.4 Å². The van der Waals surface area contributed by atoms with Gasteiger partial charge >= 0.3 is 0 Å². The fourth-order valence-electron chi connectivity index (χ4n) is 1.74. The van der Waals surface area contributed by atoms with E-state index in [2.05, 4.69) is 30.5 Å². The predicted molar refractivity (Wildman–Crippen MR) is 62.3 cm³/mol. The lowest BCUT2D eigenvalue weighted by Gasteiger charge is -2.25. The second-order valence-corrected chi connectivity index (χ2v) is 4.76. The highest BCUT2D eigenvalue weighted by Crippen LogP contribution is 2.34.